The minimum Gasteiger partial charge on any atom is -0.378 e. The Morgan fingerprint density at radius 1 is 1.38 bits per heavy atom. The van der Waals surface area contributed by atoms with E-state index >= 15 is 0 Å². The molecule has 0 spiro atoms. The molecule has 88 valence electrons. The zero-order chi connectivity index (χ0) is 11.6. The Morgan fingerprint density at radius 3 is 2.62 bits per heavy atom. The highest BCUT2D eigenvalue weighted by Crippen LogP contribution is 2.34. The quantitative estimate of drug-likeness (QED) is 0.891. The second kappa shape index (κ2) is 4.94. The van der Waals surface area contributed by atoms with Crippen LogP contribution in [0.4, 0.5) is 5.69 Å². The Morgan fingerprint density at radius 2 is 2.06 bits per heavy atom. The highest BCUT2D eigenvalue weighted by atomic mass is 79.9. The number of anilines is 1. The lowest BCUT2D eigenvalue weighted by molar-refractivity contribution is 0.493. The number of benzene rings is 1. The van der Waals surface area contributed by atoms with Gasteiger partial charge in [-0.3, -0.25) is 0 Å². The molecule has 0 aliphatic heterocycles. The smallest absolute Gasteiger partial charge is 0.0568 e. The van der Waals surface area contributed by atoms with E-state index in [0.717, 1.165) is 28.0 Å². The molecular weight excluding hydrogens is 288 g/mol. The highest BCUT2D eigenvalue weighted by molar-refractivity contribution is 9.10. The molecule has 0 atom stereocenters. The highest BCUT2D eigenvalue weighted by Gasteiger charge is 2.32. The van der Waals surface area contributed by atoms with E-state index in [2.05, 4.69) is 21.2 Å². The Labute approximate surface area is 110 Å². The standard InChI is InChI=1S/C12H16BrClN2/c13-10-4-3-9(7-11(10)14)16-12(8-15)5-1-2-6-12/h3-4,7,16H,1-2,5-6,8,15H2. The summed E-state index contributed by atoms with van der Waals surface area (Å²) in [6.45, 7) is 0.681. The summed E-state index contributed by atoms with van der Waals surface area (Å²) < 4.78 is 0.924. The summed E-state index contributed by atoms with van der Waals surface area (Å²) in [5, 5.41) is 4.27. The second-order valence-corrected chi connectivity index (χ2v) is 5.71. The van der Waals surface area contributed by atoms with Crippen LogP contribution in [0.15, 0.2) is 22.7 Å². The number of nitrogens with one attached hydrogen (secondary N) is 1. The van der Waals surface area contributed by atoms with Crippen molar-refractivity contribution in [2.45, 2.75) is 31.2 Å². The van der Waals surface area contributed by atoms with Crippen molar-refractivity contribution < 1.29 is 0 Å². The van der Waals surface area contributed by atoms with Gasteiger partial charge >= 0.3 is 0 Å². The van der Waals surface area contributed by atoms with Crippen molar-refractivity contribution in [1.82, 2.24) is 0 Å². The normalized spacial score (nSPS) is 18.7. The molecule has 1 aromatic rings. The van der Waals surface area contributed by atoms with E-state index in [9.17, 15) is 0 Å². The van der Waals surface area contributed by atoms with E-state index in [1.807, 2.05) is 18.2 Å². The first-order valence-electron chi connectivity index (χ1n) is 5.58. The molecule has 2 nitrogen and oxygen atoms in total. The molecule has 1 aliphatic carbocycles. The van der Waals surface area contributed by atoms with Crippen molar-refractivity contribution >= 4 is 33.2 Å². The average Bonchev–Trinajstić information content (AvgIpc) is 2.73. The first-order valence-corrected chi connectivity index (χ1v) is 6.76. The Balaban J connectivity index is 2.16. The fourth-order valence-corrected chi connectivity index (χ4v) is 2.74. The summed E-state index contributed by atoms with van der Waals surface area (Å²) in [5.41, 5.74) is 7.02. The second-order valence-electron chi connectivity index (χ2n) is 4.45. The number of rotatable bonds is 3. The molecule has 3 N–H and O–H groups in total. The third-order valence-electron chi connectivity index (χ3n) is 3.28. The van der Waals surface area contributed by atoms with Crippen molar-refractivity contribution in [3.63, 3.8) is 0 Å². The van der Waals surface area contributed by atoms with Gasteiger partial charge < -0.3 is 11.1 Å². The summed E-state index contributed by atoms with van der Waals surface area (Å²) in [4.78, 5) is 0. The maximum Gasteiger partial charge on any atom is 0.0568 e. The molecule has 0 unspecified atom stereocenters. The van der Waals surface area contributed by atoms with Crippen LogP contribution >= 0.6 is 27.5 Å². The van der Waals surface area contributed by atoms with Crippen molar-refractivity contribution in [1.29, 1.82) is 0 Å². The van der Waals surface area contributed by atoms with Crippen molar-refractivity contribution in [3.05, 3.63) is 27.7 Å². The number of halogens is 2. The van der Waals surface area contributed by atoms with Gasteiger partial charge in [-0.25, -0.2) is 0 Å². The van der Waals surface area contributed by atoms with Gasteiger partial charge in [0.1, 0.15) is 0 Å². The van der Waals surface area contributed by atoms with Gasteiger partial charge in [-0.15, -0.1) is 0 Å². The fraction of sp³-hybridized carbons (Fsp3) is 0.500. The van der Waals surface area contributed by atoms with Crippen LogP contribution in [0.5, 0.6) is 0 Å². The van der Waals surface area contributed by atoms with Gasteiger partial charge in [0.05, 0.1) is 5.02 Å². The molecule has 0 radical (unpaired) electrons. The molecule has 0 aromatic heterocycles. The first-order chi connectivity index (χ1) is 7.65. The molecule has 0 amide bonds. The number of hydrogen-bond acceptors (Lipinski definition) is 2. The van der Waals surface area contributed by atoms with Gasteiger partial charge in [0.2, 0.25) is 0 Å². The van der Waals surface area contributed by atoms with Crippen LogP contribution in [0.25, 0.3) is 0 Å². The fourth-order valence-electron chi connectivity index (χ4n) is 2.31. The SMILES string of the molecule is NCC1(Nc2ccc(Br)c(Cl)c2)CCCC1. The lowest BCUT2D eigenvalue weighted by atomic mass is 9.97. The van der Waals surface area contributed by atoms with E-state index in [1.54, 1.807) is 0 Å². The Bertz CT molecular complexity index is 375. The van der Waals surface area contributed by atoms with E-state index in [0.29, 0.717) is 6.54 Å². The molecule has 0 heterocycles. The Kier molecular flexibility index (Phi) is 3.77. The third kappa shape index (κ3) is 2.53. The molecule has 1 aliphatic rings. The van der Waals surface area contributed by atoms with Gasteiger partial charge in [0.15, 0.2) is 0 Å². The summed E-state index contributed by atoms with van der Waals surface area (Å²) in [6, 6.07) is 5.94. The van der Waals surface area contributed by atoms with Crippen molar-refractivity contribution in [2.24, 2.45) is 5.73 Å². The van der Waals surface area contributed by atoms with Gasteiger partial charge in [-0.2, -0.15) is 0 Å². The van der Waals surface area contributed by atoms with E-state index in [4.69, 9.17) is 17.3 Å². The van der Waals surface area contributed by atoms with Gasteiger partial charge in [0.25, 0.3) is 0 Å². The predicted octanol–water partition coefficient (Wildman–Crippen LogP) is 3.79. The molecule has 16 heavy (non-hydrogen) atoms. The first kappa shape index (κ1) is 12.2. The lowest BCUT2D eigenvalue weighted by Gasteiger charge is -2.30. The molecule has 1 aromatic carbocycles. The van der Waals surface area contributed by atoms with Crippen molar-refractivity contribution in [3.8, 4) is 0 Å². The summed E-state index contributed by atoms with van der Waals surface area (Å²) in [5.74, 6) is 0. The molecule has 1 fully saturated rings. The zero-order valence-electron chi connectivity index (χ0n) is 9.10. The van der Waals surface area contributed by atoms with Crippen molar-refractivity contribution in [2.75, 3.05) is 11.9 Å². The molecule has 4 heteroatoms. The maximum absolute atomic E-state index is 6.07. The van der Waals surface area contributed by atoms with Crippen LogP contribution < -0.4 is 11.1 Å². The third-order valence-corrected chi connectivity index (χ3v) is 4.51. The molecule has 1 saturated carbocycles. The average molecular weight is 304 g/mol. The minimum absolute atomic E-state index is 0.0805. The topological polar surface area (TPSA) is 38.0 Å². The van der Waals surface area contributed by atoms with Crippen LogP contribution in [0, 0.1) is 0 Å². The van der Waals surface area contributed by atoms with Gasteiger partial charge in [-0.05, 0) is 47.0 Å². The van der Waals surface area contributed by atoms with Crippen LogP contribution in [0.3, 0.4) is 0 Å². The zero-order valence-corrected chi connectivity index (χ0v) is 11.4. The van der Waals surface area contributed by atoms with E-state index in [-0.39, 0.29) is 5.54 Å². The summed E-state index contributed by atoms with van der Waals surface area (Å²) >= 11 is 9.46. The molecular formula is C12H16BrClN2. The summed E-state index contributed by atoms with van der Waals surface area (Å²) in [6.07, 6.45) is 4.82. The predicted molar refractivity (Wildman–Crippen MR) is 73.0 cm³/mol. The maximum atomic E-state index is 6.07. The molecule has 2 rings (SSSR count). The van der Waals surface area contributed by atoms with Crippen LogP contribution in [0.2, 0.25) is 5.02 Å². The number of nitrogens with two attached hydrogens (primary N) is 1. The van der Waals surface area contributed by atoms with Crippen LogP contribution in [-0.4, -0.2) is 12.1 Å². The minimum atomic E-state index is 0.0805. The van der Waals surface area contributed by atoms with Gasteiger partial charge in [-0.1, -0.05) is 24.4 Å². The number of hydrogen-bond donors (Lipinski definition) is 2. The molecule has 0 saturated heterocycles. The Hall–Kier alpha value is -0.250. The van der Waals surface area contributed by atoms with Crippen LogP contribution in [-0.2, 0) is 0 Å². The largest absolute Gasteiger partial charge is 0.378 e. The van der Waals surface area contributed by atoms with E-state index < -0.39 is 0 Å². The van der Waals surface area contributed by atoms with Crippen LogP contribution in [0.1, 0.15) is 25.7 Å². The van der Waals surface area contributed by atoms with Gasteiger partial charge in [0, 0.05) is 22.2 Å². The monoisotopic (exact) mass is 302 g/mol. The van der Waals surface area contributed by atoms with E-state index in [1.165, 1.54) is 12.8 Å². The lowest BCUT2D eigenvalue weighted by Crippen LogP contribution is -2.42. The summed E-state index contributed by atoms with van der Waals surface area (Å²) in [7, 11) is 0. The molecule has 0 bridgehead atoms.